The van der Waals surface area contributed by atoms with Crippen LogP contribution < -0.4 is 5.32 Å². The predicted octanol–water partition coefficient (Wildman–Crippen LogP) is 7.59. The Hall–Kier alpha value is -2.79. The van der Waals surface area contributed by atoms with Crippen LogP contribution in [0.4, 0.5) is 31.1 Å². The van der Waals surface area contributed by atoms with Crippen molar-refractivity contribution < 1.29 is 40.6 Å². The molecular formula is C25H25F6NO3S. The molecule has 0 aliphatic heterocycles. The molecule has 0 fully saturated rings. The highest BCUT2D eigenvalue weighted by Crippen LogP contribution is 2.36. The molecule has 2 aromatic carbocycles. The Morgan fingerprint density at radius 1 is 0.972 bits per heavy atom. The number of alkyl carbamates (subject to hydrolysis) is 1. The van der Waals surface area contributed by atoms with E-state index >= 15 is 0 Å². The molecule has 36 heavy (non-hydrogen) atoms. The standard InChI is InChI=1S/C25H25F6NO3S/c1-23(2,3)35-22(33)32-19(10-16-14-36-21-7-5-4-6-20(16)21)13-34-12-15-8-17(24(26,27)28)11-18(9-15)25(29,30)31/h4-9,11,14,19H,10,12-13H2,1-3H3,(H,32,33). The Bertz CT molecular complexity index is 1160. The fourth-order valence-electron chi connectivity index (χ4n) is 3.50. The summed E-state index contributed by atoms with van der Waals surface area (Å²) in [5.74, 6) is 0. The Morgan fingerprint density at radius 3 is 2.17 bits per heavy atom. The van der Waals surface area contributed by atoms with Crippen molar-refractivity contribution in [3.8, 4) is 0 Å². The molecule has 11 heteroatoms. The van der Waals surface area contributed by atoms with Gasteiger partial charge in [-0.1, -0.05) is 18.2 Å². The number of hydrogen-bond donors (Lipinski definition) is 1. The minimum Gasteiger partial charge on any atom is -0.444 e. The van der Waals surface area contributed by atoms with E-state index in [1.54, 1.807) is 20.8 Å². The summed E-state index contributed by atoms with van der Waals surface area (Å²) < 4.78 is 90.7. The molecule has 0 aliphatic carbocycles. The third-order valence-electron chi connectivity index (χ3n) is 4.98. The smallest absolute Gasteiger partial charge is 0.416 e. The van der Waals surface area contributed by atoms with Crippen molar-refractivity contribution in [2.45, 2.75) is 57.8 Å². The van der Waals surface area contributed by atoms with Gasteiger partial charge in [-0.2, -0.15) is 26.3 Å². The first kappa shape index (κ1) is 27.8. The lowest BCUT2D eigenvalue weighted by Gasteiger charge is -2.24. The fraction of sp³-hybridized carbons (Fsp3) is 0.400. The van der Waals surface area contributed by atoms with Crippen molar-refractivity contribution in [2.75, 3.05) is 6.61 Å². The van der Waals surface area contributed by atoms with Crippen LogP contribution in [0.1, 0.15) is 43.0 Å². The molecule has 3 rings (SSSR count). The number of rotatable bonds is 7. The lowest BCUT2D eigenvalue weighted by molar-refractivity contribution is -0.143. The summed E-state index contributed by atoms with van der Waals surface area (Å²) in [7, 11) is 0. The fourth-order valence-corrected chi connectivity index (χ4v) is 4.48. The molecule has 0 aliphatic rings. The Kier molecular flexibility index (Phi) is 8.24. The number of benzene rings is 2. The quantitative estimate of drug-likeness (QED) is 0.318. The summed E-state index contributed by atoms with van der Waals surface area (Å²) in [5, 5.41) is 5.60. The van der Waals surface area contributed by atoms with Crippen molar-refractivity contribution in [1.82, 2.24) is 5.32 Å². The van der Waals surface area contributed by atoms with Gasteiger partial charge in [-0.05, 0) is 73.4 Å². The van der Waals surface area contributed by atoms with Gasteiger partial charge in [0.2, 0.25) is 0 Å². The average molecular weight is 534 g/mol. The van der Waals surface area contributed by atoms with Crippen LogP contribution in [0.25, 0.3) is 10.1 Å². The highest BCUT2D eigenvalue weighted by Gasteiger charge is 2.37. The van der Waals surface area contributed by atoms with Crippen LogP contribution in [0.3, 0.4) is 0 Å². The molecule has 0 spiro atoms. The highest BCUT2D eigenvalue weighted by atomic mass is 32.1. The van der Waals surface area contributed by atoms with Crippen LogP contribution in [-0.2, 0) is 34.9 Å². The van der Waals surface area contributed by atoms with Crippen LogP contribution in [0.15, 0.2) is 47.8 Å². The maximum Gasteiger partial charge on any atom is 0.416 e. The number of carbonyl (C=O) groups is 1. The number of thiophene rings is 1. The number of fused-ring (bicyclic) bond motifs is 1. The van der Waals surface area contributed by atoms with Gasteiger partial charge in [-0.3, -0.25) is 0 Å². The molecule has 0 saturated carbocycles. The molecule has 1 unspecified atom stereocenters. The molecule has 1 amide bonds. The van der Waals surface area contributed by atoms with Gasteiger partial charge >= 0.3 is 18.4 Å². The van der Waals surface area contributed by atoms with Gasteiger partial charge in [0.05, 0.1) is 30.4 Å². The third kappa shape index (κ3) is 7.86. The zero-order valence-electron chi connectivity index (χ0n) is 19.7. The molecule has 3 aromatic rings. The van der Waals surface area contributed by atoms with Gasteiger partial charge in [0.15, 0.2) is 0 Å². The molecule has 196 valence electrons. The number of nitrogens with one attached hydrogen (secondary N) is 1. The van der Waals surface area contributed by atoms with Gasteiger partial charge in [0, 0.05) is 4.70 Å². The summed E-state index contributed by atoms with van der Waals surface area (Å²) >= 11 is 1.52. The molecule has 0 saturated heterocycles. The highest BCUT2D eigenvalue weighted by molar-refractivity contribution is 7.17. The number of amides is 1. The first-order valence-corrected chi connectivity index (χ1v) is 11.8. The lowest BCUT2D eigenvalue weighted by Crippen LogP contribution is -2.42. The van der Waals surface area contributed by atoms with Crippen molar-refractivity contribution >= 4 is 27.5 Å². The number of alkyl halides is 6. The van der Waals surface area contributed by atoms with E-state index in [2.05, 4.69) is 5.32 Å². The van der Waals surface area contributed by atoms with Crippen LogP contribution in [0.5, 0.6) is 0 Å². The summed E-state index contributed by atoms with van der Waals surface area (Å²) in [6.07, 6.45) is -10.3. The van der Waals surface area contributed by atoms with Crippen LogP contribution in [0, 0.1) is 0 Å². The van der Waals surface area contributed by atoms with Gasteiger partial charge < -0.3 is 14.8 Å². The maximum atomic E-state index is 13.1. The molecular weight excluding hydrogens is 508 g/mol. The average Bonchev–Trinajstić information content (AvgIpc) is 3.14. The number of halogens is 6. The summed E-state index contributed by atoms with van der Waals surface area (Å²) in [6, 6.07) is 8.30. The van der Waals surface area contributed by atoms with Gasteiger partial charge in [-0.25, -0.2) is 4.79 Å². The third-order valence-corrected chi connectivity index (χ3v) is 6.00. The van der Waals surface area contributed by atoms with Gasteiger partial charge in [0.1, 0.15) is 5.60 Å². The Labute approximate surface area is 208 Å². The molecule has 1 heterocycles. The topological polar surface area (TPSA) is 47.6 Å². The van der Waals surface area contributed by atoms with E-state index in [0.717, 1.165) is 15.6 Å². The van der Waals surface area contributed by atoms with E-state index in [-0.39, 0.29) is 18.2 Å². The summed E-state index contributed by atoms with van der Waals surface area (Å²) in [4.78, 5) is 12.4. The Morgan fingerprint density at radius 2 is 1.58 bits per heavy atom. The van der Waals surface area contributed by atoms with Crippen molar-refractivity contribution in [2.24, 2.45) is 0 Å². The molecule has 0 bridgehead atoms. The number of hydrogen-bond acceptors (Lipinski definition) is 4. The Balaban J connectivity index is 1.77. The van der Waals surface area contributed by atoms with E-state index in [1.165, 1.54) is 11.3 Å². The minimum atomic E-state index is -4.95. The van der Waals surface area contributed by atoms with Crippen molar-refractivity contribution in [3.63, 3.8) is 0 Å². The molecule has 1 N–H and O–H groups in total. The van der Waals surface area contributed by atoms with E-state index in [4.69, 9.17) is 9.47 Å². The van der Waals surface area contributed by atoms with Gasteiger partial charge in [0.25, 0.3) is 0 Å². The normalized spacial score (nSPS) is 13.6. The largest absolute Gasteiger partial charge is 0.444 e. The van der Waals surface area contributed by atoms with Crippen molar-refractivity contribution in [1.29, 1.82) is 0 Å². The lowest BCUT2D eigenvalue weighted by atomic mass is 10.0. The van der Waals surface area contributed by atoms with Gasteiger partial charge in [-0.15, -0.1) is 11.3 Å². The van der Waals surface area contributed by atoms with E-state index in [0.29, 0.717) is 18.6 Å². The summed E-state index contributed by atoms with van der Waals surface area (Å²) in [5.41, 5.74) is -2.96. The van der Waals surface area contributed by atoms with E-state index in [9.17, 15) is 31.1 Å². The zero-order chi connectivity index (χ0) is 26.7. The van der Waals surface area contributed by atoms with Crippen LogP contribution >= 0.6 is 11.3 Å². The molecule has 0 radical (unpaired) electrons. The number of ether oxygens (including phenoxy) is 2. The second kappa shape index (κ2) is 10.7. The minimum absolute atomic E-state index is 0.0675. The zero-order valence-corrected chi connectivity index (χ0v) is 20.5. The predicted molar refractivity (Wildman–Crippen MR) is 125 cm³/mol. The molecule has 1 atom stereocenters. The monoisotopic (exact) mass is 533 g/mol. The molecule has 4 nitrogen and oxygen atoms in total. The molecule has 1 aromatic heterocycles. The second-order valence-electron chi connectivity index (χ2n) is 9.23. The first-order chi connectivity index (χ1) is 16.6. The van der Waals surface area contributed by atoms with Crippen LogP contribution in [0.2, 0.25) is 0 Å². The second-order valence-corrected chi connectivity index (χ2v) is 10.1. The SMILES string of the molecule is CC(C)(C)OC(=O)NC(COCc1cc(C(F)(F)F)cc(C(F)(F)F)c1)Cc1csc2ccccc12. The summed E-state index contributed by atoms with van der Waals surface area (Å²) in [6.45, 7) is 4.40. The maximum absolute atomic E-state index is 13.1. The van der Waals surface area contributed by atoms with Crippen molar-refractivity contribution in [3.05, 3.63) is 70.1 Å². The van der Waals surface area contributed by atoms with E-state index < -0.39 is 47.8 Å². The number of carbonyl (C=O) groups excluding carboxylic acids is 1. The van der Waals surface area contributed by atoms with Crippen LogP contribution in [-0.4, -0.2) is 24.3 Å². The first-order valence-electron chi connectivity index (χ1n) is 10.9. The van der Waals surface area contributed by atoms with E-state index in [1.807, 2.05) is 29.6 Å².